The minimum atomic E-state index is -0.467. The summed E-state index contributed by atoms with van der Waals surface area (Å²) in [5, 5.41) is 20.3. The fourth-order valence-corrected chi connectivity index (χ4v) is 4.68. The minimum Gasteiger partial charge on any atom is -0.508 e. The Labute approximate surface area is 198 Å². The van der Waals surface area contributed by atoms with Gasteiger partial charge >= 0.3 is 5.63 Å². The second-order valence-corrected chi connectivity index (χ2v) is 8.61. The average molecular weight is 476 g/mol. The van der Waals surface area contributed by atoms with Crippen LogP contribution in [0.2, 0.25) is 0 Å². The number of thioether (sulfide) groups is 1. The number of aryl methyl sites for hydroxylation is 1. The van der Waals surface area contributed by atoms with E-state index in [4.69, 9.17) is 13.6 Å². The molecule has 0 atom stereocenters. The number of rotatable bonds is 7. The number of phenolic OH excluding ortho intramolecular Hbond substituents is 1. The molecule has 0 bridgehead atoms. The fourth-order valence-electron chi connectivity index (χ4n) is 3.75. The molecule has 2 aromatic carbocycles. The van der Waals surface area contributed by atoms with Crippen molar-refractivity contribution >= 4 is 22.7 Å². The molecule has 0 fully saturated rings. The molecule has 0 aliphatic rings. The maximum atomic E-state index is 12.2. The van der Waals surface area contributed by atoms with Gasteiger partial charge in [-0.15, -0.1) is 10.2 Å². The number of fused-ring (bicyclic) bond motifs is 1. The molecule has 172 valence electrons. The van der Waals surface area contributed by atoms with Gasteiger partial charge in [-0.3, -0.25) is 4.57 Å². The van der Waals surface area contributed by atoms with Gasteiger partial charge in [-0.2, -0.15) is 0 Å². The van der Waals surface area contributed by atoms with Gasteiger partial charge in [0, 0.05) is 28.3 Å². The molecule has 0 spiro atoms. The first-order chi connectivity index (χ1) is 16.5. The largest absolute Gasteiger partial charge is 0.508 e. The van der Waals surface area contributed by atoms with Crippen molar-refractivity contribution in [2.45, 2.75) is 24.4 Å². The van der Waals surface area contributed by atoms with Crippen LogP contribution in [0, 0.1) is 6.92 Å². The summed E-state index contributed by atoms with van der Waals surface area (Å²) in [6.07, 6.45) is 1.63. The lowest BCUT2D eigenvalue weighted by atomic mass is 10.1. The smallest absolute Gasteiger partial charge is 0.336 e. The number of phenols is 1. The molecule has 5 aromatic rings. The number of hydrogen-bond donors (Lipinski definition) is 1. The summed E-state index contributed by atoms with van der Waals surface area (Å²) in [4.78, 5) is 12.2. The van der Waals surface area contributed by atoms with Crippen LogP contribution in [0.25, 0.3) is 22.4 Å². The van der Waals surface area contributed by atoms with E-state index in [1.807, 2.05) is 41.0 Å². The number of aromatic hydroxyl groups is 1. The third-order valence-corrected chi connectivity index (χ3v) is 6.53. The first-order valence-corrected chi connectivity index (χ1v) is 11.5. The summed E-state index contributed by atoms with van der Waals surface area (Å²) in [6, 6.07) is 16.2. The topological polar surface area (TPSA) is 104 Å². The summed E-state index contributed by atoms with van der Waals surface area (Å²) in [5.41, 5.74) is 2.10. The Morgan fingerprint density at radius 1 is 1.12 bits per heavy atom. The number of methoxy groups -OCH3 is 1. The fraction of sp³-hybridized carbons (Fsp3) is 0.160. The highest BCUT2D eigenvalue weighted by Crippen LogP contribution is 2.32. The molecule has 0 radical (unpaired) electrons. The van der Waals surface area contributed by atoms with Gasteiger partial charge in [-0.25, -0.2) is 4.79 Å². The molecule has 3 heterocycles. The van der Waals surface area contributed by atoms with Crippen LogP contribution in [0.3, 0.4) is 0 Å². The molecule has 5 rings (SSSR count). The van der Waals surface area contributed by atoms with Crippen molar-refractivity contribution in [3.63, 3.8) is 0 Å². The summed E-state index contributed by atoms with van der Waals surface area (Å²) in [5.74, 6) is 2.71. The predicted octanol–water partition coefficient (Wildman–Crippen LogP) is 5.01. The van der Waals surface area contributed by atoms with Crippen LogP contribution >= 0.6 is 11.8 Å². The molecule has 0 saturated heterocycles. The van der Waals surface area contributed by atoms with Gasteiger partial charge in [-0.05, 0) is 48.9 Å². The van der Waals surface area contributed by atoms with Gasteiger partial charge in [0.15, 0.2) is 11.0 Å². The lowest BCUT2D eigenvalue weighted by Crippen LogP contribution is -2.04. The summed E-state index contributed by atoms with van der Waals surface area (Å²) in [7, 11) is 1.62. The molecular formula is C25H21N3O5S. The van der Waals surface area contributed by atoms with Crippen molar-refractivity contribution in [3.8, 4) is 22.9 Å². The zero-order valence-electron chi connectivity index (χ0n) is 18.5. The Hall–Kier alpha value is -3.98. The third kappa shape index (κ3) is 4.17. The van der Waals surface area contributed by atoms with Crippen molar-refractivity contribution in [1.29, 1.82) is 0 Å². The molecule has 9 heteroatoms. The van der Waals surface area contributed by atoms with E-state index in [1.54, 1.807) is 32.4 Å². The molecular weight excluding hydrogens is 454 g/mol. The zero-order chi connectivity index (χ0) is 23.7. The standard InChI is InChI=1S/C25H21N3O5S/c1-15-21(29)9-8-20-17(12-22(30)33-23(15)20)14-34-25-27-26-24(16-5-3-6-18(11-16)31-2)28(25)13-19-7-4-10-32-19/h3-12,29H,13-14H2,1-2H3. The van der Waals surface area contributed by atoms with Gasteiger partial charge in [0.2, 0.25) is 0 Å². The maximum absolute atomic E-state index is 12.2. The Kier molecular flexibility index (Phi) is 5.85. The van der Waals surface area contributed by atoms with Crippen LogP contribution < -0.4 is 10.4 Å². The van der Waals surface area contributed by atoms with E-state index < -0.39 is 5.63 Å². The predicted molar refractivity (Wildman–Crippen MR) is 128 cm³/mol. The molecule has 34 heavy (non-hydrogen) atoms. The summed E-state index contributed by atoms with van der Waals surface area (Å²) < 4.78 is 18.3. The second kappa shape index (κ2) is 9.11. The molecule has 3 aromatic heterocycles. The van der Waals surface area contributed by atoms with Crippen LogP contribution in [-0.4, -0.2) is 27.0 Å². The molecule has 8 nitrogen and oxygen atoms in total. The first kappa shape index (κ1) is 21.8. The van der Waals surface area contributed by atoms with Crippen molar-refractivity contribution < 1.29 is 18.7 Å². The lowest BCUT2D eigenvalue weighted by Gasteiger charge is -2.11. The van der Waals surface area contributed by atoms with Crippen LogP contribution in [0.4, 0.5) is 0 Å². The minimum absolute atomic E-state index is 0.0848. The van der Waals surface area contributed by atoms with E-state index in [9.17, 15) is 9.90 Å². The van der Waals surface area contributed by atoms with Crippen LogP contribution in [-0.2, 0) is 12.3 Å². The maximum Gasteiger partial charge on any atom is 0.336 e. The molecule has 0 unspecified atom stereocenters. The normalized spacial score (nSPS) is 11.2. The number of aromatic nitrogens is 3. The van der Waals surface area contributed by atoms with Gasteiger partial charge in [0.05, 0.1) is 19.9 Å². The zero-order valence-corrected chi connectivity index (χ0v) is 19.3. The number of benzene rings is 2. The van der Waals surface area contributed by atoms with E-state index in [1.165, 1.54) is 17.8 Å². The van der Waals surface area contributed by atoms with Crippen molar-refractivity contribution in [2.75, 3.05) is 7.11 Å². The Bertz CT molecular complexity index is 1520. The number of furan rings is 1. The average Bonchev–Trinajstić information content (AvgIpc) is 3.50. The second-order valence-electron chi connectivity index (χ2n) is 7.67. The number of nitrogens with zero attached hydrogens (tertiary/aromatic N) is 3. The third-order valence-electron chi connectivity index (χ3n) is 5.51. The SMILES string of the molecule is COc1cccc(-c2nnc(SCc3cc(=O)oc4c(C)c(O)ccc34)n2Cc2ccco2)c1. The van der Waals surface area contributed by atoms with Gasteiger partial charge in [-0.1, -0.05) is 23.9 Å². The van der Waals surface area contributed by atoms with E-state index in [0.29, 0.717) is 34.4 Å². The Morgan fingerprint density at radius 2 is 2.00 bits per heavy atom. The van der Waals surface area contributed by atoms with Gasteiger partial charge in [0.1, 0.15) is 22.8 Å². The first-order valence-electron chi connectivity index (χ1n) is 10.5. The van der Waals surface area contributed by atoms with E-state index >= 15 is 0 Å². The quantitative estimate of drug-likeness (QED) is 0.259. The van der Waals surface area contributed by atoms with E-state index in [-0.39, 0.29) is 5.75 Å². The molecule has 1 N–H and O–H groups in total. The highest BCUT2D eigenvalue weighted by atomic mass is 32.2. The van der Waals surface area contributed by atoms with Crippen molar-refractivity contribution in [3.05, 3.63) is 88.2 Å². The van der Waals surface area contributed by atoms with Crippen LogP contribution in [0.5, 0.6) is 11.5 Å². The number of ether oxygens (including phenoxy) is 1. The van der Waals surface area contributed by atoms with Gasteiger partial charge < -0.3 is 18.7 Å². The lowest BCUT2D eigenvalue weighted by molar-refractivity contribution is 0.415. The Morgan fingerprint density at radius 3 is 2.79 bits per heavy atom. The van der Waals surface area contributed by atoms with Crippen LogP contribution in [0.15, 0.2) is 79.6 Å². The highest BCUT2D eigenvalue weighted by Gasteiger charge is 2.18. The van der Waals surface area contributed by atoms with Crippen molar-refractivity contribution in [2.24, 2.45) is 0 Å². The van der Waals surface area contributed by atoms with E-state index in [2.05, 4.69) is 10.2 Å². The molecule has 0 saturated carbocycles. The van der Waals surface area contributed by atoms with Gasteiger partial charge in [0.25, 0.3) is 0 Å². The monoisotopic (exact) mass is 475 g/mol. The molecule has 0 aliphatic heterocycles. The summed E-state index contributed by atoms with van der Waals surface area (Å²) in [6.45, 7) is 2.16. The van der Waals surface area contributed by atoms with E-state index in [0.717, 1.165) is 28.0 Å². The molecule has 0 amide bonds. The Balaban J connectivity index is 1.53. The number of hydrogen-bond acceptors (Lipinski definition) is 8. The van der Waals surface area contributed by atoms with Crippen molar-refractivity contribution in [1.82, 2.24) is 14.8 Å². The molecule has 0 aliphatic carbocycles. The summed E-state index contributed by atoms with van der Waals surface area (Å²) >= 11 is 1.45. The highest BCUT2D eigenvalue weighted by molar-refractivity contribution is 7.98. The van der Waals surface area contributed by atoms with Crippen LogP contribution in [0.1, 0.15) is 16.9 Å².